The van der Waals surface area contributed by atoms with Crippen molar-refractivity contribution in [2.24, 2.45) is 0 Å². The molecule has 1 heterocycles. The largest absolute Gasteiger partial charge is 0.489 e. The van der Waals surface area contributed by atoms with Crippen molar-refractivity contribution in [2.45, 2.75) is 19.5 Å². The summed E-state index contributed by atoms with van der Waals surface area (Å²) in [6, 6.07) is 8.19. The lowest BCUT2D eigenvalue weighted by atomic mass is 10.1. The molecule has 146 valence electrons. The molecule has 0 unspecified atom stereocenters. The molecule has 0 aliphatic heterocycles. The summed E-state index contributed by atoms with van der Waals surface area (Å²) in [6.07, 6.45) is -4.62. The third-order valence-electron chi connectivity index (χ3n) is 3.88. The van der Waals surface area contributed by atoms with Crippen LogP contribution in [0.4, 0.5) is 17.6 Å². The number of hydrogen-bond donors (Lipinski definition) is 1. The smallest absolute Gasteiger partial charge is 0.416 e. The van der Waals surface area contributed by atoms with Crippen LogP contribution in [0, 0.1) is 0 Å². The number of carbonyl (C=O) groups is 1. The molecular formula is C19H12F4O5. The van der Waals surface area contributed by atoms with E-state index >= 15 is 0 Å². The molecule has 1 aromatic heterocycles. The molecule has 5 nitrogen and oxygen atoms in total. The van der Waals surface area contributed by atoms with Gasteiger partial charge >= 0.3 is 17.8 Å². The zero-order valence-corrected chi connectivity index (χ0v) is 14.0. The van der Waals surface area contributed by atoms with Gasteiger partial charge in [0.05, 0.1) is 5.56 Å². The standard InChI is InChI=1S/C19H12F4O5/c20-8-10-3-11(5-13(4-10)19(21,22)23)9-27-14-2-1-12-6-15(17(24)25)18(26)28-16(12)7-14/h1-7H,8-9H2,(H,24,25). The molecule has 1 N–H and O–H groups in total. The Hall–Kier alpha value is -3.36. The zero-order chi connectivity index (χ0) is 20.5. The van der Waals surface area contributed by atoms with E-state index in [4.69, 9.17) is 14.3 Å². The van der Waals surface area contributed by atoms with Crippen molar-refractivity contribution >= 4 is 16.9 Å². The van der Waals surface area contributed by atoms with Gasteiger partial charge in [0, 0.05) is 11.5 Å². The van der Waals surface area contributed by atoms with Gasteiger partial charge in [-0.15, -0.1) is 0 Å². The van der Waals surface area contributed by atoms with Crippen molar-refractivity contribution in [3.05, 3.63) is 75.1 Å². The van der Waals surface area contributed by atoms with Gasteiger partial charge in [-0.1, -0.05) is 0 Å². The Morgan fingerprint density at radius 3 is 2.43 bits per heavy atom. The number of carboxylic acids is 1. The van der Waals surface area contributed by atoms with Crippen molar-refractivity contribution in [2.75, 3.05) is 0 Å². The normalized spacial score (nSPS) is 11.6. The van der Waals surface area contributed by atoms with Crippen LogP contribution in [0.25, 0.3) is 11.0 Å². The minimum absolute atomic E-state index is 0.0565. The summed E-state index contributed by atoms with van der Waals surface area (Å²) < 4.78 is 61.9. The first kappa shape index (κ1) is 19.4. The molecule has 2 aromatic carbocycles. The predicted octanol–water partition coefficient (Wildman–Crippen LogP) is 4.56. The highest BCUT2D eigenvalue weighted by atomic mass is 19.4. The fraction of sp³-hybridized carbons (Fsp3) is 0.158. The van der Waals surface area contributed by atoms with Crippen LogP contribution < -0.4 is 10.4 Å². The molecule has 9 heteroatoms. The van der Waals surface area contributed by atoms with E-state index in [2.05, 4.69) is 0 Å². The van der Waals surface area contributed by atoms with Crippen LogP contribution >= 0.6 is 0 Å². The van der Waals surface area contributed by atoms with Crippen LogP contribution in [-0.2, 0) is 19.5 Å². The van der Waals surface area contributed by atoms with Gasteiger partial charge in [-0.25, -0.2) is 14.0 Å². The van der Waals surface area contributed by atoms with Gasteiger partial charge in [-0.05, 0) is 47.5 Å². The number of alkyl halides is 4. The van der Waals surface area contributed by atoms with E-state index in [1.807, 2.05) is 0 Å². The van der Waals surface area contributed by atoms with Gasteiger partial charge in [-0.2, -0.15) is 13.2 Å². The van der Waals surface area contributed by atoms with Crippen LogP contribution in [-0.4, -0.2) is 11.1 Å². The molecule has 0 fully saturated rings. The first-order chi connectivity index (χ1) is 13.2. The third kappa shape index (κ3) is 4.13. The topological polar surface area (TPSA) is 76.7 Å². The van der Waals surface area contributed by atoms with E-state index in [0.717, 1.165) is 18.2 Å². The molecule has 3 rings (SSSR count). The Bertz CT molecular complexity index is 1100. The quantitative estimate of drug-likeness (QED) is 0.506. The summed E-state index contributed by atoms with van der Waals surface area (Å²) in [5, 5.41) is 9.26. The van der Waals surface area contributed by atoms with E-state index < -0.39 is 35.6 Å². The monoisotopic (exact) mass is 396 g/mol. The summed E-state index contributed by atoms with van der Waals surface area (Å²) in [5.74, 6) is -1.25. The number of benzene rings is 2. The van der Waals surface area contributed by atoms with Gasteiger partial charge < -0.3 is 14.3 Å². The second kappa shape index (κ2) is 7.34. The molecule has 0 aliphatic carbocycles. The minimum Gasteiger partial charge on any atom is -0.489 e. The fourth-order valence-electron chi connectivity index (χ4n) is 2.58. The van der Waals surface area contributed by atoms with E-state index in [0.29, 0.717) is 5.39 Å². The zero-order valence-electron chi connectivity index (χ0n) is 14.0. The Kier molecular flexibility index (Phi) is 5.08. The molecule has 0 radical (unpaired) electrons. The molecule has 0 saturated carbocycles. The van der Waals surface area contributed by atoms with E-state index in [1.54, 1.807) is 0 Å². The Labute approximate surface area is 154 Å². The van der Waals surface area contributed by atoms with Crippen molar-refractivity contribution in [3.63, 3.8) is 0 Å². The highest BCUT2D eigenvalue weighted by molar-refractivity contribution is 5.91. The molecular weight excluding hydrogens is 384 g/mol. The third-order valence-corrected chi connectivity index (χ3v) is 3.88. The fourth-order valence-corrected chi connectivity index (χ4v) is 2.58. The van der Waals surface area contributed by atoms with Crippen molar-refractivity contribution in [1.29, 1.82) is 0 Å². The SMILES string of the molecule is O=C(O)c1cc2ccc(OCc3cc(CF)cc(C(F)(F)F)c3)cc2oc1=O. The lowest BCUT2D eigenvalue weighted by Crippen LogP contribution is -2.12. The summed E-state index contributed by atoms with van der Waals surface area (Å²) >= 11 is 0. The molecule has 3 aromatic rings. The van der Waals surface area contributed by atoms with E-state index in [-0.39, 0.29) is 29.1 Å². The highest BCUT2D eigenvalue weighted by Crippen LogP contribution is 2.31. The lowest BCUT2D eigenvalue weighted by Gasteiger charge is -2.12. The maximum atomic E-state index is 12.9. The number of hydrogen-bond acceptors (Lipinski definition) is 4. The van der Waals surface area contributed by atoms with Crippen molar-refractivity contribution in [1.82, 2.24) is 0 Å². The number of aromatic carboxylic acids is 1. The van der Waals surface area contributed by atoms with Crippen LogP contribution in [0.15, 0.2) is 51.7 Å². The highest BCUT2D eigenvalue weighted by Gasteiger charge is 2.31. The maximum Gasteiger partial charge on any atom is 0.416 e. The molecule has 0 amide bonds. The first-order valence-corrected chi connectivity index (χ1v) is 7.87. The van der Waals surface area contributed by atoms with Crippen LogP contribution in [0.2, 0.25) is 0 Å². The average Bonchev–Trinajstić information content (AvgIpc) is 2.64. The Balaban J connectivity index is 1.86. The van der Waals surface area contributed by atoms with E-state index in [1.165, 1.54) is 24.3 Å². The number of ether oxygens (including phenoxy) is 1. The predicted molar refractivity (Wildman–Crippen MR) is 90.0 cm³/mol. The van der Waals surface area contributed by atoms with Crippen LogP contribution in [0.3, 0.4) is 0 Å². The van der Waals surface area contributed by atoms with Gasteiger partial charge in [0.2, 0.25) is 0 Å². The second-order valence-corrected chi connectivity index (χ2v) is 5.91. The molecule has 0 spiro atoms. The minimum atomic E-state index is -4.62. The number of fused-ring (bicyclic) bond motifs is 1. The second-order valence-electron chi connectivity index (χ2n) is 5.91. The van der Waals surface area contributed by atoms with Crippen molar-refractivity contribution in [3.8, 4) is 5.75 Å². The molecule has 0 saturated heterocycles. The van der Waals surface area contributed by atoms with Gasteiger partial charge in [0.25, 0.3) is 0 Å². The Morgan fingerprint density at radius 1 is 1.07 bits per heavy atom. The van der Waals surface area contributed by atoms with Gasteiger partial charge in [0.15, 0.2) is 0 Å². The Morgan fingerprint density at radius 2 is 1.79 bits per heavy atom. The van der Waals surface area contributed by atoms with Gasteiger partial charge in [0.1, 0.15) is 30.2 Å². The summed E-state index contributed by atoms with van der Waals surface area (Å²) in [4.78, 5) is 22.6. The molecule has 0 aliphatic rings. The summed E-state index contributed by atoms with van der Waals surface area (Å²) in [5.41, 5.74) is -2.50. The van der Waals surface area contributed by atoms with Crippen molar-refractivity contribution < 1.29 is 36.6 Å². The average molecular weight is 396 g/mol. The van der Waals surface area contributed by atoms with Gasteiger partial charge in [-0.3, -0.25) is 0 Å². The number of rotatable bonds is 5. The van der Waals surface area contributed by atoms with E-state index in [9.17, 15) is 27.2 Å². The number of halogens is 4. The van der Waals surface area contributed by atoms with Crippen LogP contribution in [0.1, 0.15) is 27.0 Å². The maximum absolute atomic E-state index is 12.9. The molecule has 0 bridgehead atoms. The molecule has 28 heavy (non-hydrogen) atoms. The first-order valence-electron chi connectivity index (χ1n) is 7.87. The summed E-state index contributed by atoms with van der Waals surface area (Å²) in [6.45, 7) is -1.33. The lowest BCUT2D eigenvalue weighted by molar-refractivity contribution is -0.137. The summed E-state index contributed by atoms with van der Waals surface area (Å²) in [7, 11) is 0. The van der Waals surface area contributed by atoms with Crippen LogP contribution in [0.5, 0.6) is 5.75 Å². The number of carboxylic acid groups (broad SMARTS) is 1. The molecule has 0 atom stereocenters.